The van der Waals surface area contributed by atoms with Gasteiger partial charge in [-0.05, 0) is 37.6 Å². The predicted molar refractivity (Wildman–Crippen MR) is 77.4 cm³/mol. The zero-order valence-electron chi connectivity index (χ0n) is 12.1. The molecule has 0 saturated heterocycles. The number of halogens is 2. The van der Waals surface area contributed by atoms with E-state index >= 15 is 0 Å². The first kappa shape index (κ1) is 15.4. The Labute approximate surface area is 123 Å². The standard InChI is InChI=1S/C16H18F2N2O/c1-3-8-19-10-12-4-7-16(20-11(12)2)21-15-6-5-13(17)9-14(15)18/h4-7,9,19H,3,8,10H2,1-2H3. The van der Waals surface area contributed by atoms with Crippen molar-refractivity contribution in [2.24, 2.45) is 0 Å². The molecule has 0 saturated carbocycles. The quantitative estimate of drug-likeness (QED) is 0.818. The largest absolute Gasteiger partial charge is 0.436 e. The fourth-order valence-electron chi connectivity index (χ4n) is 1.88. The van der Waals surface area contributed by atoms with Crippen molar-refractivity contribution >= 4 is 0 Å². The van der Waals surface area contributed by atoms with Crippen LogP contribution in [0.15, 0.2) is 30.3 Å². The minimum absolute atomic E-state index is 0.0415. The van der Waals surface area contributed by atoms with Crippen LogP contribution in [0.3, 0.4) is 0 Å². The number of rotatable bonds is 6. The van der Waals surface area contributed by atoms with Gasteiger partial charge in [-0.1, -0.05) is 13.0 Å². The van der Waals surface area contributed by atoms with E-state index in [4.69, 9.17) is 4.74 Å². The van der Waals surface area contributed by atoms with Crippen LogP contribution in [0.1, 0.15) is 24.6 Å². The van der Waals surface area contributed by atoms with Crippen molar-refractivity contribution in [2.45, 2.75) is 26.8 Å². The molecule has 2 rings (SSSR count). The molecule has 21 heavy (non-hydrogen) atoms. The number of nitrogens with one attached hydrogen (secondary N) is 1. The zero-order valence-corrected chi connectivity index (χ0v) is 12.1. The van der Waals surface area contributed by atoms with Crippen molar-refractivity contribution in [2.75, 3.05) is 6.54 Å². The Bertz CT molecular complexity index is 617. The first-order valence-electron chi connectivity index (χ1n) is 6.90. The van der Waals surface area contributed by atoms with Crippen LogP contribution in [0.25, 0.3) is 0 Å². The Kier molecular flexibility index (Phi) is 5.22. The fraction of sp³-hybridized carbons (Fsp3) is 0.312. The lowest BCUT2D eigenvalue weighted by Gasteiger charge is -2.10. The van der Waals surface area contributed by atoms with Crippen molar-refractivity contribution in [1.29, 1.82) is 0 Å². The Balaban J connectivity index is 2.09. The molecule has 1 heterocycles. The SMILES string of the molecule is CCCNCc1ccc(Oc2ccc(F)cc2F)nc1C. The lowest BCUT2D eigenvalue weighted by molar-refractivity contribution is 0.422. The highest BCUT2D eigenvalue weighted by atomic mass is 19.1. The van der Waals surface area contributed by atoms with Gasteiger partial charge in [0.05, 0.1) is 0 Å². The Morgan fingerprint density at radius 1 is 1.19 bits per heavy atom. The molecule has 0 radical (unpaired) electrons. The van der Waals surface area contributed by atoms with E-state index < -0.39 is 11.6 Å². The second kappa shape index (κ2) is 7.13. The van der Waals surface area contributed by atoms with Gasteiger partial charge in [0.15, 0.2) is 11.6 Å². The molecule has 0 aliphatic heterocycles. The first-order chi connectivity index (χ1) is 10.1. The molecule has 0 fully saturated rings. The molecule has 0 spiro atoms. The van der Waals surface area contributed by atoms with E-state index in [1.807, 2.05) is 13.0 Å². The van der Waals surface area contributed by atoms with Crippen LogP contribution in [0.2, 0.25) is 0 Å². The van der Waals surface area contributed by atoms with Gasteiger partial charge in [0, 0.05) is 24.4 Å². The summed E-state index contributed by atoms with van der Waals surface area (Å²) in [6.45, 7) is 5.65. The van der Waals surface area contributed by atoms with Gasteiger partial charge in [0.2, 0.25) is 5.88 Å². The molecule has 0 bridgehead atoms. The number of hydrogen-bond donors (Lipinski definition) is 1. The van der Waals surface area contributed by atoms with E-state index in [1.165, 1.54) is 6.07 Å². The predicted octanol–water partition coefficient (Wildman–Crippen LogP) is 3.96. The van der Waals surface area contributed by atoms with Crippen molar-refractivity contribution in [3.8, 4) is 11.6 Å². The highest BCUT2D eigenvalue weighted by molar-refractivity contribution is 5.31. The van der Waals surface area contributed by atoms with Crippen molar-refractivity contribution in [1.82, 2.24) is 10.3 Å². The summed E-state index contributed by atoms with van der Waals surface area (Å²) < 4.78 is 31.7. The normalized spacial score (nSPS) is 10.7. The van der Waals surface area contributed by atoms with Crippen LogP contribution in [0.4, 0.5) is 8.78 Å². The van der Waals surface area contributed by atoms with Gasteiger partial charge in [0.25, 0.3) is 0 Å². The smallest absolute Gasteiger partial charge is 0.219 e. The molecular weight excluding hydrogens is 274 g/mol. The second-order valence-electron chi connectivity index (χ2n) is 4.75. The molecule has 0 aliphatic rings. The monoisotopic (exact) mass is 292 g/mol. The minimum atomic E-state index is -0.747. The maximum absolute atomic E-state index is 13.5. The summed E-state index contributed by atoms with van der Waals surface area (Å²) >= 11 is 0. The van der Waals surface area contributed by atoms with Gasteiger partial charge < -0.3 is 10.1 Å². The van der Waals surface area contributed by atoms with Crippen LogP contribution >= 0.6 is 0 Å². The molecule has 1 aromatic heterocycles. The van der Waals surface area contributed by atoms with E-state index in [0.29, 0.717) is 0 Å². The average Bonchev–Trinajstić information content (AvgIpc) is 2.44. The molecule has 0 aliphatic carbocycles. The fourth-order valence-corrected chi connectivity index (χ4v) is 1.88. The van der Waals surface area contributed by atoms with E-state index in [-0.39, 0.29) is 11.6 Å². The maximum atomic E-state index is 13.5. The third-order valence-electron chi connectivity index (χ3n) is 3.02. The topological polar surface area (TPSA) is 34.1 Å². The van der Waals surface area contributed by atoms with E-state index in [1.54, 1.807) is 6.07 Å². The van der Waals surface area contributed by atoms with E-state index in [2.05, 4.69) is 17.2 Å². The number of aryl methyl sites for hydroxylation is 1. The lowest BCUT2D eigenvalue weighted by Crippen LogP contribution is -2.15. The molecule has 1 N–H and O–H groups in total. The maximum Gasteiger partial charge on any atom is 0.219 e. The van der Waals surface area contributed by atoms with Crippen molar-refractivity contribution in [3.63, 3.8) is 0 Å². The number of aromatic nitrogens is 1. The Morgan fingerprint density at radius 2 is 2.00 bits per heavy atom. The van der Waals surface area contributed by atoms with Crippen LogP contribution in [0.5, 0.6) is 11.6 Å². The molecule has 0 amide bonds. The van der Waals surface area contributed by atoms with Crippen LogP contribution < -0.4 is 10.1 Å². The highest BCUT2D eigenvalue weighted by Gasteiger charge is 2.08. The summed E-state index contributed by atoms with van der Waals surface area (Å²) in [7, 11) is 0. The minimum Gasteiger partial charge on any atom is -0.436 e. The Hall–Kier alpha value is -2.01. The Morgan fingerprint density at radius 3 is 2.67 bits per heavy atom. The molecule has 1 aromatic carbocycles. The third kappa shape index (κ3) is 4.23. The number of pyridine rings is 1. The molecule has 0 atom stereocenters. The number of hydrogen-bond acceptors (Lipinski definition) is 3. The molecule has 2 aromatic rings. The van der Waals surface area contributed by atoms with Gasteiger partial charge in [-0.3, -0.25) is 0 Å². The second-order valence-corrected chi connectivity index (χ2v) is 4.75. The molecule has 5 heteroatoms. The summed E-state index contributed by atoms with van der Waals surface area (Å²) in [6.07, 6.45) is 1.07. The highest BCUT2D eigenvalue weighted by Crippen LogP contribution is 2.24. The number of benzene rings is 1. The first-order valence-corrected chi connectivity index (χ1v) is 6.90. The van der Waals surface area contributed by atoms with Gasteiger partial charge in [-0.25, -0.2) is 13.8 Å². The summed E-state index contributed by atoms with van der Waals surface area (Å²) in [5.41, 5.74) is 1.88. The summed E-state index contributed by atoms with van der Waals surface area (Å²) in [4.78, 5) is 4.29. The van der Waals surface area contributed by atoms with Gasteiger partial charge in [-0.15, -0.1) is 0 Å². The molecule has 3 nitrogen and oxygen atoms in total. The molecule has 112 valence electrons. The lowest BCUT2D eigenvalue weighted by atomic mass is 10.2. The van der Waals surface area contributed by atoms with E-state index in [0.717, 1.165) is 42.9 Å². The number of ether oxygens (including phenoxy) is 1. The van der Waals surface area contributed by atoms with Gasteiger partial charge >= 0.3 is 0 Å². The zero-order chi connectivity index (χ0) is 15.2. The summed E-state index contributed by atoms with van der Waals surface area (Å²) in [6, 6.07) is 6.75. The van der Waals surface area contributed by atoms with Gasteiger partial charge in [0.1, 0.15) is 5.82 Å². The average molecular weight is 292 g/mol. The van der Waals surface area contributed by atoms with Crippen LogP contribution in [0, 0.1) is 18.6 Å². The van der Waals surface area contributed by atoms with Crippen LogP contribution in [-0.2, 0) is 6.54 Å². The van der Waals surface area contributed by atoms with Crippen molar-refractivity contribution < 1.29 is 13.5 Å². The summed E-state index contributed by atoms with van der Waals surface area (Å²) in [5, 5.41) is 3.29. The molecule has 0 unspecified atom stereocenters. The van der Waals surface area contributed by atoms with E-state index in [9.17, 15) is 8.78 Å². The van der Waals surface area contributed by atoms with Crippen LogP contribution in [-0.4, -0.2) is 11.5 Å². The van der Waals surface area contributed by atoms with Crippen molar-refractivity contribution in [3.05, 3.63) is 53.2 Å². The third-order valence-corrected chi connectivity index (χ3v) is 3.02. The molecular formula is C16H18F2N2O. The van der Waals surface area contributed by atoms with Gasteiger partial charge in [-0.2, -0.15) is 0 Å². The summed E-state index contributed by atoms with van der Waals surface area (Å²) in [5.74, 6) is -1.14. The number of nitrogens with zero attached hydrogens (tertiary/aromatic N) is 1.